The number of nitrogens with zero attached hydrogens (tertiary/aromatic N) is 2. The van der Waals surface area contributed by atoms with Gasteiger partial charge in [-0.1, -0.05) is 0 Å². The molecule has 3 aromatic rings. The van der Waals surface area contributed by atoms with E-state index in [9.17, 15) is 49.1 Å². The number of nitrogens with two attached hydrogens (primary N) is 1. The minimum absolute atomic E-state index is 0. The van der Waals surface area contributed by atoms with Gasteiger partial charge in [-0.05, 0) is 35.7 Å². The SMILES string of the molecule is Nc1ccc(N=Nc2c(S(=O)(=O)O)cc3cc(S(=O)(=O)O)cc(S(=O)(=O)O)c3c2O)c(O)c1.[Cu]. The van der Waals surface area contributed by atoms with Gasteiger partial charge in [0.15, 0.2) is 5.75 Å². The number of nitrogen functional groups attached to an aromatic ring is 1. The molecule has 34 heavy (non-hydrogen) atoms. The largest absolute Gasteiger partial charge is 0.506 e. The van der Waals surface area contributed by atoms with Crippen molar-refractivity contribution in [1.29, 1.82) is 0 Å². The molecular formula is C16H13CuN3O11S3. The van der Waals surface area contributed by atoms with Gasteiger partial charge in [0.25, 0.3) is 30.4 Å². The molecule has 18 heteroatoms. The molecule has 0 saturated carbocycles. The number of rotatable bonds is 5. The summed E-state index contributed by atoms with van der Waals surface area (Å²) in [5, 5.41) is 26.1. The Kier molecular flexibility index (Phi) is 7.32. The molecule has 14 nitrogen and oxygen atoms in total. The first-order valence-corrected chi connectivity index (χ1v) is 12.6. The fraction of sp³-hybridized carbons (Fsp3) is 0. The first kappa shape index (κ1) is 27.4. The van der Waals surface area contributed by atoms with Crippen LogP contribution in [0.15, 0.2) is 61.3 Å². The normalized spacial score (nSPS) is 12.7. The number of hydrogen-bond acceptors (Lipinski definition) is 11. The number of hydrogen-bond donors (Lipinski definition) is 6. The number of azo groups is 1. The summed E-state index contributed by atoms with van der Waals surface area (Å²) in [6.07, 6.45) is 0. The molecular weight excluding hydrogens is 570 g/mol. The van der Waals surface area contributed by atoms with E-state index in [1.165, 1.54) is 12.1 Å². The average Bonchev–Trinajstić information content (AvgIpc) is 2.65. The first-order chi connectivity index (χ1) is 15.0. The molecule has 3 aromatic carbocycles. The van der Waals surface area contributed by atoms with Gasteiger partial charge in [-0.15, -0.1) is 10.2 Å². The van der Waals surface area contributed by atoms with E-state index >= 15 is 0 Å². The van der Waals surface area contributed by atoms with Crippen LogP contribution in [0.4, 0.5) is 17.1 Å². The Balaban J connectivity index is 0.00000408. The van der Waals surface area contributed by atoms with E-state index in [1.807, 2.05) is 0 Å². The van der Waals surface area contributed by atoms with Crippen molar-refractivity contribution in [2.75, 3.05) is 5.73 Å². The fourth-order valence-electron chi connectivity index (χ4n) is 2.80. The summed E-state index contributed by atoms with van der Waals surface area (Å²) in [5.41, 5.74) is 4.35. The number of fused-ring (bicyclic) bond motifs is 1. The van der Waals surface area contributed by atoms with Crippen LogP contribution in [0.1, 0.15) is 0 Å². The Morgan fingerprint density at radius 2 is 1.32 bits per heavy atom. The van der Waals surface area contributed by atoms with Gasteiger partial charge in [-0.3, -0.25) is 13.7 Å². The van der Waals surface area contributed by atoms with Crippen molar-refractivity contribution in [3.05, 3.63) is 36.4 Å². The smallest absolute Gasteiger partial charge is 0.296 e. The molecule has 0 spiro atoms. The van der Waals surface area contributed by atoms with Gasteiger partial charge in [0, 0.05) is 34.2 Å². The van der Waals surface area contributed by atoms with E-state index in [-0.39, 0.29) is 28.4 Å². The molecule has 0 aromatic heterocycles. The molecule has 0 aliphatic heterocycles. The average molecular weight is 583 g/mol. The summed E-state index contributed by atoms with van der Waals surface area (Å²) in [4.78, 5) is -3.43. The summed E-state index contributed by atoms with van der Waals surface area (Å²) < 4.78 is 98.7. The zero-order chi connectivity index (χ0) is 24.9. The number of benzene rings is 3. The molecule has 0 atom stereocenters. The quantitative estimate of drug-likeness (QED) is 0.109. The number of phenols is 2. The predicted molar refractivity (Wildman–Crippen MR) is 112 cm³/mol. The maximum Gasteiger partial charge on any atom is 0.296 e. The summed E-state index contributed by atoms with van der Waals surface area (Å²) in [5.74, 6) is -1.74. The van der Waals surface area contributed by atoms with Crippen LogP contribution in [0, 0.1) is 0 Å². The van der Waals surface area contributed by atoms with Crippen LogP contribution in [0.25, 0.3) is 10.8 Å². The summed E-state index contributed by atoms with van der Waals surface area (Å²) in [6.45, 7) is 0. The molecule has 0 heterocycles. The molecule has 0 aliphatic carbocycles. The van der Waals surface area contributed by atoms with Crippen LogP contribution in [0.2, 0.25) is 0 Å². The standard InChI is InChI=1S/C16H13N3O11S3.Cu/c17-8-1-2-10(11(20)5-8)18-19-15-13(33(28,29)30)4-7-3-9(31(22,23)24)6-12(32(25,26)27)14(7)16(15)21;/h1-6,20-21H,17H2,(H,22,23,24)(H,25,26,27)(H,28,29,30);. The molecule has 0 unspecified atom stereocenters. The van der Waals surface area contributed by atoms with Crippen molar-refractivity contribution in [1.82, 2.24) is 0 Å². The zero-order valence-corrected chi connectivity index (χ0v) is 19.5. The maximum atomic E-state index is 11.9. The Morgan fingerprint density at radius 1 is 0.735 bits per heavy atom. The summed E-state index contributed by atoms with van der Waals surface area (Å²) in [6, 6.07) is 4.97. The maximum absolute atomic E-state index is 11.9. The van der Waals surface area contributed by atoms with Crippen LogP contribution in [0.5, 0.6) is 11.5 Å². The fourth-order valence-corrected chi connectivity index (χ4v) is 4.82. The third-order valence-electron chi connectivity index (χ3n) is 4.20. The van der Waals surface area contributed by atoms with E-state index in [0.29, 0.717) is 18.2 Å². The van der Waals surface area contributed by atoms with Crippen LogP contribution in [0.3, 0.4) is 0 Å². The van der Waals surface area contributed by atoms with E-state index in [4.69, 9.17) is 5.73 Å². The van der Waals surface area contributed by atoms with Crippen LogP contribution in [-0.4, -0.2) is 49.1 Å². The topological polar surface area (TPSA) is 254 Å². The van der Waals surface area contributed by atoms with Crippen molar-refractivity contribution in [3.63, 3.8) is 0 Å². The Labute approximate surface area is 202 Å². The van der Waals surface area contributed by atoms with Crippen LogP contribution in [-0.2, 0) is 47.4 Å². The minimum Gasteiger partial charge on any atom is -0.506 e. The summed E-state index contributed by atoms with van der Waals surface area (Å²) in [7, 11) is -15.5. The van der Waals surface area contributed by atoms with Gasteiger partial charge in [0.05, 0.1) is 4.90 Å². The Morgan fingerprint density at radius 3 is 1.82 bits per heavy atom. The molecule has 3 rings (SSSR count). The van der Waals surface area contributed by atoms with Gasteiger partial charge >= 0.3 is 0 Å². The van der Waals surface area contributed by atoms with Gasteiger partial charge in [-0.2, -0.15) is 25.3 Å². The van der Waals surface area contributed by atoms with Gasteiger partial charge < -0.3 is 15.9 Å². The second kappa shape index (κ2) is 9.08. The Bertz CT molecular complexity index is 1670. The molecule has 7 N–H and O–H groups in total. The first-order valence-electron chi connectivity index (χ1n) is 8.26. The molecule has 1 radical (unpaired) electrons. The zero-order valence-electron chi connectivity index (χ0n) is 16.1. The van der Waals surface area contributed by atoms with Crippen molar-refractivity contribution in [3.8, 4) is 11.5 Å². The van der Waals surface area contributed by atoms with Crippen molar-refractivity contribution < 1.29 is 66.2 Å². The number of anilines is 1. The molecule has 0 saturated heterocycles. The second-order valence-electron chi connectivity index (χ2n) is 6.46. The molecule has 187 valence electrons. The minimum atomic E-state index is -5.25. The Hall–Kier alpha value is -2.83. The second-order valence-corrected chi connectivity index (χ2v) is 10.7. The van der Waals surface area contributed by atoms with Crippen molar-refractivity contribution in [2.45, 2.75) is 14.7 Å². The van der Waals surface area contributed by atoms with Gasteiger partial charge in [-0.25, -0.2) is 0 Å². The monoisotopic (exact) mass is 582 g/mol. The number of phenolic OH excluding ortho intramolecular Hbond substituents is 2. The third-order valence-corrected chi connectivity index (χ3v) is 6.77. The van der Waals surface area contributed by atoms with Crippen molar-refractivity contribution >= 4 is 58.2 Å². The molecule has 0 fully saturated rings. The van der Waals surface area contributed by atoms with E-state index in [2.05, 4.69) is 10.2 Å². The third kappa shape index (κ3) is 5.45. The molecule has 0 amide bonds. The van der Waals surface area contributed by atoms with Crippen molar-refractivity contribution in [2.24, 2.45) is 10.2 Å². The van der Waals surface area contributed by atoms with E-state index < -0.39 is 73.0 Å². The van der Waals surface area contributed by atoms with Crippen LogP contribution < -0.4 is 5.73 Å². The molecule has 0 aliphatic rings. The van der Waals surface area contributed by atoms with Gasteiger partial charge in [0.1, 0.15) is 26.9 Å². The molecule has 0 bridgehead atoms. The number of aromatic hydroxyl groups is 2. The van der Waals surface area contributed by atoms with E-state index in [1.54, 1.807) is 0 Å². The van der Waals surface area contributed by atoms with Gasteiger partial charge in [0.2, 0.25) is 0 Å². The summed E-state index contributed by atoms with van der Waals surface area (Å²) >= 11 is 0. The predicted octanol–water partition coefficient (Wildman–Crippen LogP) is 1.99. The van der Waals surface area contributed by atoms with E-state index in [0.717, 1.165) is 6.07 Å². The van der Waals surface area contributed by atoms with Crippen LogP contribution >= 0.6 is 0 Å².